The average Bonchev–Trinajstić information content (AvgIpc) is 2.89. The van der Waals surface area contributed by atoms with Crippen molar-refractivity contribution in [3.05, 3.63) is 23.8 Å². The molecule has 0 radical (unpaired) electrons. The molecule has 0 saturated heterocycles. The monoisotopic (exact) mass is 595 g/mol. The molecule has 0 heterocycles. The lowest BCUT2D eigenvalue weighted by Gasteiger charge is -2.22. The number of benzene rings is 1. The van der Waals surface area contributed by atoms with Gasteiger partial charge in [0.25, 0.3) is 0 Å². The van der Waals surface area contributed by atoms with Gasteiger partial charge >= 0.3 is 24.2 Å². The van der Waals surface area contributed by atoms with E-state index >= 15 is 0 Å². The summed E-state index contributed by atoms with van der Waals surface area (Å²) in [6.07, 6.45) is -1.17. The number of nitrogens with two attached hydrogens (primary N) is 1. The summed E-state index contributed by atoms with van der Waals surface area (Å²) in [7, 11) is 0. The van der Waals surface area contributed by atoms with Gasteiger partial charge in [0.2, 0.25) is 0 Å². The molecule has 0 aliphatic heterocycles. The van der Waals surface area contributed by atoms with E-state index in [1.807, 2.05) is 34.6 Å². The molecule has 1 rings (SSSR count). The van der Waals surface area contributed by atoms with Crippen molar-refractivity contribution < 1.29 is 47.6 Å². The van der Waals surface area contributed by atoms with Crippen molar-refractivity contribution in [2.75, 3.05) is 0 Å². The molecule has 2 N–H and O–H groups in total. The standard InChI is InChI=1S/C31H49NO10/c1-10-11-12-13-28(33)37-22(8)23(9)38-29(34)25(32)16-24-14-15-26(41-30(35)39-20(6)18(2)3)27(17-24)42-31(36)40-21(7)19(4)5/h14-15,17-23,25H,10-13,16,32H2,1-9H3/t20-,21?,22?,23?,25-/m0/s1. The van der Waals surface area contributed by atoms with Gasteiger partial charge in [0, 0.05) is 6.42 Å². The zero-order valence-electron chi connectivity index (χ0n) is 26.5. The van der Waals surface area contributed by atoms with E-state index < -0.39 is 48.7 Å². The van der Waals surface area contributed by atoms with Crippen molar-refractivity contribution >= 4 is 24.2 Å². The third-order valence-electron chi connectivity index (χ3n) is 6.86. The van der Waals surface area contributed by atoms with Gasteiger partial charge in [-0.15, -0.1) is 0 Å². The van der Waals surface area contributed by atoms with Crippen LogP contribution in [-0.4, -0.2) is 54.7 Å². The first kappa shape index (κ1) is 36.7. The highest BCUT2D eigenvalue weighted by atomic mass is 16.8. The Labute approximate surface area is 249 Å². The minimum Gasteiger partial charge on any atom is -0.459 e. The molecule has 11 nitrogen and oxygen atoms in total. The van der Waals surface area contributed by atoms with Gasteiger partial charge in [-0.3, -0.25) is 9.59 Å². The molecule has 0 aliphatic carbocycles. The van der Waals surface area contributed by atoms with Crippen LogP contribution in [0.2, 0.25) is 0 Å². The Morgan fingerprint density at radius 1 is 0.690 bits per heavy atom. The predicted molar refractivity (Wildman–Crippen MR) is 156 cm³/mol. The lowest BCUT2D eigenvalue weighted by molar-refractivity contribution is -0.166. The number of esters is 2. The normalized spacial score (nSPS) is 14.8. The fourth-order valence-corrected chi connectivity index (χ4v) is 3.23. The molecule has 0 bridgehead atoms. The first-order valence-electron chi connectivity index (χ1n) is 14.7. The molecule has 3 unspecified atom stereocenters. The van der Waals surface area contributed by atoms with Gasteiger partial charge in [0.1, 0.15) is 30.5 Å². The van der Waals surface area contributed by atoms with Gasteiger partial charge < -0.3 is 34.2 Å². The highest BCUT2D eigenvalue weighted by Crippen LogP contribution is 2.30. The maximum atomic E-state index is 12.7. The molecule has 0 aromatic heterocycles. The summed E-state index contributed by atoms with van der Waals surface area (Å²) in [5.41, 5.74) is 6.61. The molecule has 238 valence electrons. The van der Waals surface area contributed by atoms with Crippen molar-refractivity contribution in [2.45, 2.75) is 125 Å². The topological polar surface area (TPSA) is 150 Å². The summed E-state index contributed by atoms with van der Waals surface area (Å²) in [5.74, 6) is -1.12. The zero-order chi connectivity index (χ0) is 32.0. The Balaban J connectivity index is 2.96. The smallest absolute Gasteiger partial charge is 0.459 e. The molecule has 1 aromatic carbocycles. The van der Waals surface area contributed by atoms with Gasteiger partial charge in [0.05, 0.1) is 0 Å². The minimum atomic E-state index is -1.08. The van der Waals surface area contributed by atoms with Crippen molar-refractivity contribution in [1.82, 2.24) is 0 Å². The van der Waals surface area contributed by atoms with Crippen LogP contribution in [0, 0.1) is 11.8 Å². The molecule has 0 fully saturated rings. The number of rotatable bonds is 16. The number of ether oxygens (including phenoxy) is 6. The molecule has 11 heteroatoms. The Bertz CT molecular complexity index is 1020. The van der Waals surface area contributed by atoms with Crippen LogP contribution in [0.5, 0.6) is 11.5 Å². The minimum absolute atomic E-state index is 0.0135. The van der Waals surface area contributed by atoms with Gasteiger partial charge in [-0.25, -0.2) is 9.59 Å². The Morgan fingerprint density at radius 3 is 1.74 bits per heavy atom. The third-order valence-corrected chi connectivity index (χ3v) is 6.86. The van der Waals surface area contributed by atoms with E-state index in [0.29, 0.717) is 12.0 Å². The number of unbranched alkanes of at least 4 members (excludes halogenated alkanes) is 2. The summed E-state index contributed by atoms with van der Waals surface area (Å²) in [5, 5.41) is 0. The largest absolute Gasteiger partial charge is 0.514 e. The molecule has 0 saturated carbocycles. The average molecular weight is 596 g/mol. The second kappa shape index (κ2) is 18.3. The SMILES string of the molecule is CCCCCC(=O)OC(C)C(C)OC(=O)[C@@H](N)Cc1ccc(OC(=O)O[C@@H](C)C(C)C)c(OC(=O)OC(C)C(C)C)c1. The Hall–Kier alpha value is -3.34. The van der Waals surface area contributed by atoms with Crippen LogP contribution >= 0.6 is 0 Å². The zero-order valence-corrected chi connectivity index (χ0v) is 26.5. The van der Waals surface area contributed by atoms with Crippen molar-refractivity contribution in [2.24, 2.45) is 17.6 Å². The van der Waals surface area contributed by atoms with Crippen LogP contribution in [0.15, 0.2) is 18.2 Å². The van der Waals surface area contributed by atoms with Crippen LogP contribution < -0.4 is 15.2 Å². The van der Waals surface area contributed by atoms with Crippen LogP contribution in [-0.2, 0) is 35.0 Å². The van der Waals surface area contributed by atoms with E-state index in [2.05, 4.69) is 0 Å². The van der Waals surface area contributed by atoms with Gasteiger partial charge in [-0.05, 0) is 70.1 Å². The van der Waals surface area contributed by atoms with Crippen LogP contribution in [0.4, 0.5) is 9.59 Å². The summed E-state index contributed by atoms with van der Waals surface area (Å²) in [6.45, 7) is 16.3. The summed E-state index contributed by atoms with van der Waals surface area (Å²) in [6, 6.07) is 3.32. The van der Waals surface area contributed by atoms with Crippen LogP contribution in [0.1, 0.15) is 93.6 Å². The van der Waals surface area contributed by atoms with E-state index in [9.17, 15) is 19.2 Å². The molecular formula is C31H49NO10. The molecular weight excluding hydrogens is 546 g/mol. The summed E-state index contributed by atoms with van der Waals surface area (Å²) in [4.78, 5) is 49.5. The van der Waals surface area contributed by atoms with E-state index in [4.69, 9.17) is 34.2 Å². The highest BCUT2D eigenvalue weighted by Gasteiger charge is 2.26. The first-order chi connectivity index (χ1) is 19.6. The fraction of sp³-hybridized carbons (Fsp3) is 0.677. The molecule has 42 heavy (non-hydrogen) atoms. The number of carbonyl (C=O) groups excluding carboxylic acids is 4. The second-order valence-corrected chi connectivity index (χ2v) is 11.2. The Morgan fingerprint density at radius 2 is 1.21 bits per heavy atom. The van der Waals surface area contributed by atoms with Gasteiger partial charge in [-0.1, -0.05) is 53.5 Å². The molecule has 0 spiro atoms. The van der Waals surface area contributed by atoms with Crippen molar-refractivity contribution in [3.8, 4) is 11.5 Å². The molecule has 0 amide bonds. The van der Waals surface area contributed by atoms with Gasteiger partial charge in [-0.2, -0.15) is 0 Å². The lowest BCUT2D eigenvalue weighted by atomic mass is 10.1. The maximum Gasteiger partial charge on any atom is 0.514 e. The van der Waals surface area contributed by atoms with E-state index in [0.717, 1.165) is 19.3 Å². The lowest BCUT2D eigenvalue weighted by Crippen LogP contribution is -2.39. The van der Waals surface area contributed by atoms with Crippen LogP contribution in [0.25, 0.3) is 0 Å². The first-order valence-corrected chi connectivity index (χ1v) is 14.7. The van der Waals surface area contributed by atoms with Gasteiger partial charge in [0.15, 0.2) is 11.5 Å². The third kappa shape index (κ3) is 13.5. The molecule has 1 aromatic rings. The predicted octanol–water partition coefficient (Wildman–Crippen LogP) is 6.12. The highest BCUT2D eigenvalue weighted by molar-refractivity contribution is 5.76. The van der Waals surface area contributed by atoms with E-state index in [1.165, 1.54) is 12.1 Å². The number of hydrogen-bond donors (Lipinski definition) is 1. The van der Waals surface area contributed by atoms with Crippen molar-refractivity contribution in [3.63, 3.8) is 0 Å². The maximum absolute atomic E-state index is 12.7. The van der Waals surface area contributed by atoms with E-state index in [1.54, 1.807) is 33.8 Å². The molecule has 5 atom stereocenters. The molecule has 0 aliphatic rings. The second-order valence-electron chi connectivity index (χ2n) is 11.2. The quantitative estimate of drug-likeness (QED) is 0.102. The summed E-state index contributed by atoms with van der Waals surface area (Å²) < 4.78 is 32.0. The van der Waals surface area contributed by atoms with Crippen LogP contribution in [0.3, 0.4) is 0 Å². The number of hydrogen-bond acceptors (Lipinski definition) is 11. The Kier molecular flexibility index (Phi) is 15.9. The summed E-state index contributed by atoms with van der Waals surface area (Å²) >= 11 is 0. The van der Waals surface area contributed by atoms with Crippen molar-refractivity contribution in [1.29, 1.82) is 0 Å². The number of carbonyl (C=O) groups is 4. The van der Waals surface area contributed by atoms with E-state index in [-0.39, 0.29) is 35.7 Å². The fourth-order valence-electron chi connectivity index (χ4n) is 3.23.